The summed E-state index contributed by atoms with van der Waals surface area (Å²) in [5, 5.41) is -1.56. The summed E-state index contributed by atoms with van der Waals surface area (Å²) in [7, 11) is -2.28. The van der Waals surface area contributed by atoms with Crippen LogP contribution in [0.2, 0.25) is 19.6 Å². The van der Waals surface area contributed by atoms with Crippen molar-refractivity contribution in [3.63, 3.8) is 0 Å². The Hall–Kier alpha value is -0.853. The lowest BCUT2D eigenvalue weighted by molar-refractivity contribution is 0.594. The highest BCUT2D eigenvalue weighted by Gasteiger charge is 2.26. The van der Waals surface area contributed by atoms with Gasteiger partial charge in [0.1, 0.15) is 52.1 Å². The van der Waals surface area contributed by atoms with E-state index < -0.39 is 75.6 Å². The van der Waals surface area contributed by atoms with Gasteiger partial charge in [-0.15, -0.1) is 21.8 Å². The lowest BCUT2D eigenvalue weighted by atomic mass is 10.3. The van der Waals surface area contributed by atoms with Crippen LogP contribution in [0.15, 0.2) is 72.8 Å². The fourth-order valence-corrected chi connectivity index (χ4v) is 9.21. The van der Waals surface area contributed by atoms with Crippen molar-refractivity contribution in [3.8, 4) is 0 Å². The van der Waals surface area contributed by atoms with Crippen molar-refractivity contribution in [2.75, 3.05) is 0 Å². The first kappa shape index (κ1) is 36.3. The predicted molar refractivity (Wildman–Crippen MR) is 175 cm³/mol. The van der Waals surface area contributed by atoms with Gasteiger partial charge in [0, 0.05) is 5.56 Å². The van der Waals surface area contributed by atoms with Gasteiger partial charge in [-0.2, -0.15) is 0 Å². The topological polar surface area (TPSA) is 0 Å². The summed E-state index contributed by atoms with van der Waals surface area (Å²) in [4.78, 5) is 0. The normalized spacial score (nSPS) is 11.1. The van der Waals surface area contributed by atoms with Crippen molar-refractivity contribution in [2.24, 2.45) is 0 Å². The van der Waals surface area contributed by atoms with Gasteiger partial charge in [0.05, 0.1) is 28.5 Å². The molecule has 4 aromatic carbocycles. The average Bonchev–Trinajstić information content (AvgIpc) is 2.83. The van der Waals surface area contributed by atoms with E-state index in [1.54, 1.807) is 22.0 Å². The smallest absolute Gasteiger partial charge is 0.135 e. The Labute approximate surface area is 266 Å². The maximum atomic E-state index is 13.6. The Morgan fingerprint density at radius 1 is 0.488 bits per heavy atom. The first-order chi connectivity index (χ1) is 19.0. The van der Waals surface area contributed by atoms with Crippen molar-refractivity contribution in [3.05, 3.63) is 119 Å². The molecule has 0 fully saturated rings. The zero-order valence-electron chi connectivity index (χ0n) is 21.5. The highest BCUT2D eigenvalue weighted by atomic mass is 127. The molecule has 0 N–H and O–H groups in total. The molecule has 0 radical (unpaired) electrons. The Bertz CT molecular complexity index is 1200. The molecule has 0 atom stereocenters. The van der Waals surface area contributed by atoms with Crippen LogP contribution in [0.25, 0.3) is 0 Å². The maximum Gasteiger partial charge on any atom is 0.135 e. The molecule has 0 heterocycles. The molecule has 0 aliphatic rings. The molecule has 0 aliphatic carbocycles. The molecule has 0 bridgehead atoms. The Balaban J connectivity index is 0.000000247. The number of hydrogen-bond donors (Lipinski definition) is 0. The molecule has 0 saturated heterocycles. The summed E-state index contributed by atoms with van der Waals surface area (Å²) < 4.78 is 108. The second kappa shape index (κ2) is 16.3. The minimum Gasteiger partial charge on any atom is -0.206 e. The molecule has 4 aromatic rings. The molecule has 4 rings (SSSR count). The summed E-state index contributed by atoms with van der Waals surface area (Å²) in [6.07, 6.45) is 0. The summed E-state index contributed by atoms with van der Waals surface area (Å²) in [5.41, 5.74) is -2.43. The van der Waals surface area contributed by atoms with Crippen molar-refractivity contribution in [1.29, 1.82) is 0 Å². The third-order valence-corrected chi connectivity index (χ3v) is 11.7. The van der Waals surface area contributed by atoms with Crippen LogP contribution >= 0.6 is 67.9 Å². The van der Waals surface area contributed by atoms with Crippen LogP contribution in [0.1, 0.15) is 0 Å². The van der Waals surface area contributed by atoms with Gasteiger partial charge in [-0.25, -0.2) is 35.1 Å². The zero-order chi connectivity index (χ0) is 31.1. The molecule has 0 aliphatic heterocycles. The van der Waals surface area contributed by atoms with Crippen molar-refractivity contribution in [1.82, 2.24) is 0 Å². The highest BCUT2D eigenvalue weighted by Crippen LogP contribution is 2.45. The van der Waals surface area contributed by atoms with Gasteiger partial charge in [-0.1, -0.05) is 55.1 Å². The molecule has 41 heavy (non-hydrogen) atoms. The van der Waals surface area contributed by atoms with E-state index in [2.05, 4.69) is 41.4 Å². The molecule has 220 valence electrons. The quantitative estimate of drug-likeness (QED) is 0.0630. The number of hydrogen-bond acceptors (Lipinski definition) is 0. The maximum absolute atomic E-state index is 13.6. The number of rotatable bonds is 4. The third kappa shape index (κ3) is 10.7. The Kier molecular flexibility index (Phi) is 14.4. The molecule has 14 heteroatoms. The summed E-state index contributed by atoms with van der Waals surface area (Å²) in [6, 6.07) is 13.0. The van der Waals surface area contributed by atoms with Crippen LogP contribution in [0, 0.1) is 46.5 Å². The SMILES string of the molecule is C[Si](C)(C)I.Fc1cccc(F)c1P(Cl)c1c(F)cccc1F.Fc1cccc(F)c1P(I)c1c(F)cccc1F. The van der Waals surface area contributed by atoms with Crippen LogP contribution in [-0.2, 0) is 0 Å². The fourth-order valence-electron chi connectivity index (χ4n) is 2.93. The monoisotopic (exact) mass is 876 g/mol. The Morgan fingerprint density at radius 3 is 0.854 bits per heavy atom. The van der Waals surface area contributed by atoms with Crippen LogP contribution in [0.5, 0.6) is 0 Å². The predicted octanol–water partition coefficient (Wildman–Crippen LogP) is 10.1. The molecule has 0 aromatic heterocycles. The van der Waals surface area contributed by atoms with Gasteiger partial charge < -0.3 is 0 Å². The van der Waals surface area contributed by atoms with Gasteiger partial charge in [0.15, 0.2) is 0 Å². The van der Waals surface area contributed by atoms with Crippen LogP contribution in [0.4, 0.5) is 35.1 Å². The molecular formula is C27H21ClF8I2P2Si. The highest BCUT2D eigenvalue weighted by molar-refractivity contribution is 14.2. The van der Waals surface area contributed by atoms with Crippen molar-refractivity contribution < 1.29 is 35.1 Å². The Morgan fingerprint density at radius 2 is 0.659 bits per heavy atom. The molecular weight excluding hydrogens is 856 g/mol. The molecule has 0 nitrogen and oxygen atoms in total. The zero-order valence-corrected chi connectivity index (χ0v) is 29.3. The minimum absolute atomic E-state index is 0.280. The van der Waals surface area contributed by atoms with E-state index in [-0.39, 0.29) is 10.6 Å². The van der Waals surface area contributed by atoms with Gasteiger partial charge >= 0.3 is 0 Å². The number of halogens is 11. The van der Waals surface area contributed by atoms with E-state index in [0.717, 1.165) is 60.7 Å². The van der Waals surface area contributed by atoms with Gasteiger partial charge in [-0.3, -0.25) is 0 Å². The largest absolute Gasteiger partial charge is 0.206 e. The van der Waals surface area contributed by atoms with Gasteiger partial charge in [-0.05, 0) is 70.6 Å². The summed E-state index contributed by atoms with van der Waals surface area (Å²) in [5.74, 6) is -6.84. The third-order valence-electron chi connectivity index (χ3n) is 4.54. The van der Waals surface area contributed by atoms with Crippen LogP contribution in [0.3, 0.4) is 0 Å². The van der Waals surface area contributed by atoms with Crippen molar-refractivity contribution in [2.45, 2.75) is 19.6 Å². The van der Waals surface area contributed by atoms with Crippen LogP contribution in [-0.4, -0.2) is 5.57 Å². The standard InChI is InChI=1S/C12H6ClF4P.C12H6F4IP.C3H9ISi/c13-18(11-7(14)3-1-4-8(11)15)12-9(16)5-2-6-10(12)17;13-7-3-1-4-8(14)11(7)18(17)12-9(15)5-2-6-10(12)16;1-5(2,3)4/h2*1-6H;1-3H3. The average molecular weight is 877 g/mol. The van der Waals surface area contributed by atoms with E-state index >= 15 is 0 Å². The summed E-state index contributed by atoms with van der Waals surface area (Å²) >= 11 is 10.1. The summed E-state index contributed by atoms with van der Waals surface area (Å²) in [6.45, 7) is 6.94. The van der Waals surface area contributed by atoms with E-state index in [4.69, 9.17) is 11.2 Å². The molecule has 0 unspecified atom stereocenters. The molecule has 0 amide bonds. The van der Waals surface area contributed by atoms with Crippen molar-refractivity contribution >= 4 is 94.7 Å². The lowest BCUT2D eigenvalue weighted by Crippen LogP contribution is -2.20. The van der Waals surface area contributed by atoms with Gasteiger partial charge in [0.25, 0.3) is 0 Å². The number of benzene rings is 4. The second-order valence-corrected chi connectivity index (χ2v) is 29.6. The fraction of sp³-hybridized carbons (Fsp3) is 0.111. The van der Waals surface area contributed by atoms with Crippen LogP contribution < -0.4 is 21.2 Å². The molecule has 0 spiro atoms. The van der Waals surface area contributed by atoms with E-state index in [0.29, 0.717) is 0 Å². The van der Waals surface area contributed by atoms with E-state index in [1.165, 1.54) is 12.1 Å². The minimum atomic E-state index is -2.28. The molecule has 0 saturated carbocycles. The second-order valence-electron chi connectivity index (χ2n) is 8.91. The van der Waals surface area contributed by atoms with E-state index in [1.807, 2.05) is 0 Å². The first-order valence-electron chi connectivity index (χ1n) is 11.4. The van der Waals surface area contributed by atoms with E-state index in [9.17, 15) is 35.1 Å². The lowest BCUT2D eigenvalue weighted by Gasteiger charge is -2.14. The first-order valence-corrected chi connectivity index (χ1v) is 24.4. The van der Waals surface area contributed by atoms with Gasteiger partial charge in [0.2, 0.25) is 0 Å².